The summed E-state index contributed by atoms with van der Waals surface area (Å²) >= 11 is 0. The SMILES string of the molecule is CCN(CCO)CC(=O)N1CC(C)CC(C)C1. The molecule has 2 unspecified atom stereocenters. The van der Waals surface area contributed by atoms with E-state index >= 15 is 0 Å². The number of carbonyl (C=O) groups is 1. The summed E-state index contributed by atoms with van der Waals surface area (Å²) in [5, 5.41) is 8.91. The second-order valence-corrected chi connectivity index (χ2v) is 5.34. The van der Waals surface area contributed by atoms with Crippen molar-refractivity contribution >= 4 is 5.91 Å². The van der Waals surface area contributed by atoms with Gasteiger partial charge in [-0.15, -0.1) is 0 Å². The molecule has 17 heavy (non-hydrogen) atoms. The van der Waals surface area contributed by atoms with Crippen LogP contribution in [0.3, 0.4) is 0 Å². The fraction of sp³-hybridized carbons (Fsp3) is 0.923. The highest BCUT2D eigenvalue weighted by Gasteiger charge is 2.25. The molecule has 2 atom stereocenters. The third-order valence-corrected chi connectivity index (χ3v) is 3.44. The summed E-state index contributed by atoms with van der Waals surface area (Å²) in [7, 11) is 0. The standard InChI is InChI=1S/C13H26N2O2/c1-4-14(5-6-16)10-13(17)15-8-11(2)7-12(3)9-15/h11-12,16H,4-10H2,1-3H3. The highest BCUT2D eigenvalue weighted by Crippen LogP contribution is 2.20. The Labute approximate surface area is 105 Å². The summed E-state index contributed by atoms with van der Waals surface area (Å²) in [6.45, 7) is 10.2. The Hall–Kier alpha value is -0.610. The Kier molecular flexibility index (Phi) is 5.92. The molecular weight excluding hydrogens is 216 g/mol. The average Bonchev–Trinajstić information content (AvgIpc) is 2.27. The Bertz CT molecular complexity index is 236. The molecule has 1 heterocycles. The Balaban J connectivity index is 2.45. The number of rotatable bonds is 5. The first-order valence-corrected chi connectivity index (χ1v) is 6.67. The van der Waals surface area contributed by atoms with Crippen molar-refractivity contribution in [3.63, 3.8) is 0 Å². The summed E-state index contributed by atoms with van der Waals surface area (Å²) in [6, 6.07) is 0. The molecule has 1 amide bonds. The smallest absolute Gasteiger partial charge is 0.236 e. The molecule has 1 N–H and O–H groups in total. The number of piperidine rings is 1. The third kappa shape index (κ3) is 4.64. The van der Waals surface area contributed by atoms with Gasteiger partial charge < -0.3 is 10.0 Å². The van der Waals surface area contributed by atoms with Crippen LogP contribution in [0, 0.1) is 11.8 Å². The van der Waals surface area contributed by atoms with Gasteiger partial charge in [-0.3, -0.25) is 9.69 Å². The van der Waals surface area contributed by atoms with E-state index in [1.807, 2.05) is 16.7 Å². The maximum Gasteiger partial charge on any atom is 0.236 e. The maximum atomic E-state index is 12.1. The minimum Gasteiger partial charge on any atom is -0.395 e. The maximum absolute atomic E-state index is 12.1. The Morgan fingerprint density at radius 2 is 1.94 bits per heavy atom. The highest BCUT2D eigenvalue weighted by molar-refractivity contribution is 5.78. The monoisotopic (exact) mass is 242 g/mol. The molecule has 0 aliphatic carbocycles. The van der Waals surface area contributed by atoms with Gasteiger partial charge in [-0.1, -0.05) is 20.8 Å². The zero-order valence-electron chi connectivity index (χ0n) is 11.4. The molecule has 0 saturated carbocycles. The number of hydrogen-bond donors (Lipinski definition) is 1. The van der Waals surface area contributed by atoms with Crippen molar-refractivity contribution < 1.29 is 9.90 Å². The van der Waals surface area contributed by atoms with Crippen molar-refractivity contribution in [1.29, 1.82) is 0 Å². The number of aliphatic hydroxyl groups is 1. The van der Waals surface area contributed by atoms with Gasteiger partial charge in [-0.25, -0.2) is 0 Å². The largest absolute Gasteiger partial charge is 0.395 e. The number of carbonyl (C=O) groups excluding carboxylic acids is 1. The lowest BCUT2D eigenvalue weighted by Crippen LogP contribution is -2.47. The van der Waals surface area contributed by atoms with Gasteiger partial charge in [0.2, 0.25) is 5.91 Å². The molecule has 1 saturated heterocycles. The molecule has 4 heteroatoms. The first kappa shape index (κ1) is 14.5. The molecule has 0 aromatic heterocycles. The van der Waals surface area contributed by atoms with E-state index in [1.54, 1.807) is 0 Å². The Morgan fingerprint density at radius 1 is 1.35 bits per heavy atom. The van der Waals surface area contributed by atoms with Crippen LogP contribution in [0.15, 0.2) is 0 Å². The van der Waals surface area contributed by atoms with Crippen molar-refractivity contribution in [3.8, 4) is 0 Å². The van der Waals surface area contributed by atoms with Crippen LogP contribution in [0.1, 0.15) is 27.2 Å². The molecule has 1 aliphatic rings. The van der Waals surface area contributed by atoms with Gasteiger partial charge in [0.15, 0.2) is 0 Å². The number of amides is 1. The average molecular weight is 242 g/mol. The van der Waals surface area contributed by atoms with E-state index in [0.29, 0.717) is 24.9 Å². The summed E-state index contributed by atoms with van der Waals surface area (Å²) < 4.78 is 0. The zero-order chi connectivity index (χ0) is 12.8. The molecule has 0 aromatic carbocycles. The first-order valence-electron chi connectivity index (χ1n) is 6.67. The van der Waals surface area contributed by atoms with E-state index in [1.165, 1.54) is 6.42 Å². The quantitative estimate of drug-likeness (QED) is 0.776. The van der Waals surface area contributed by atoms with Crippen LogP contribution in [-0.4, -0.2) is 60.1 Å². The normalized spacial score (nSPS) is 25.4. The van der Waals surface area contributed by atoms with Crippen molar-refractivity contribution in [2.45, 2.75) is 27.2 Å². The predicted molar refractivity (Wildman–Crippen MR) is 68.7 cm³/mol. The molecule has 0 aromatic rings. The van der Waals surface area contributed by atoms with E-state index in [-0.39, 0.29) is 12.5 Å². The van der Waals surface area contributed by atoms with Crippen LogP contribution in [0.2, 0.25) is 0 Å². The van der Waals surface area contributed by atoms with Crippen LogP contribution < -0.4 is 0 Å². The summed E-state index contributed by atoms with van der Waals surface area (Å²) in [4.78, 5) is 16.1. The second-order valence-electron chi connectivity index (χ2n) is 5.34. The second kappa shape index (κ2) is 6.97. The van der Waals surface area contributed by atoms with Gasteiger partial charge in [-0.2, -0.15) is 0 Å². The van der Waals surface area contributed by atoms with Crippen molar-refractivity contribution in [3.05, 3.63) is 0 Å². The van der Waals surface area contributed by atoms with Crippen LogP contribution in [0.5, 0.6) is 0 Å². The summed E-state index contributed by atoms with van der Waals surface area (Å²) in [5.41, 5.74) is 0. The third-order valence-electron chi connectivity index (χ3n) is 3.44. The van der Waals surface area contributed by atoms with Crippen LogP contribution in [0.4, 0.5) is 0 Å². The van der Waals surface area contributed by atoms with Gasteiger partial charge in [0, 0.05) is 19.6 Å². The minimum absolute atomic E-state index is 0.119. The van der Waals surface area contributed by atoms with E-state index in [2.05, 4.69) is 13.8 Å². The molecule has 0 radical (unpaired) electrons. The number of hydrogen-bond acceptors (Lipinski definition) is 3. The number of likely N-dealkylation sites (tertiary alicyclic amines) is 1. The van der Waals surface area contributed by atoms with Gasteiger partial charge >= 0.3 is 0 Å². The molecule has 100 valence electrons. The number of nitrogens with zero attached hydrogens (tertiary/aromatic N) is 2. The predicted octanol–water partition coefficient (Wildman–Crippen LogP) is 0.805. The van der Waals surface area contributed by atoms with Crippen LogP contribution in [0.25, 0.3) is 0 Å². The van der Waals surface area contributed by atoms with Crippen molar-refractivity contribution in [1.82, 2.24) is 9.80 Å². The molecule has 0 bridgehead atoms. The van der Waals surface area contributed by atoms with E-state index in [0.717, 1.165) is 19.6 Å². The van der Waals surface area contributed by atoms with Crippen LogP contribution in [-0.2, 0) is 4.79 Å². The molecule has 1 aliphatic heterocycles. The van der Waals surface area contributed by atoms with E-state index in [4.69, 9.17) is 5.11 Å². The van der Waals surface area contributed by atoms with E-state index in [9.17, 15) is 4.79 Å². The molecule has 0 spiro atoms. The van der Waals surface area contributed by atoms with Gasteiger partial charge in [0.05, 0.1) is 13.2 Å². The lowest BCUT2D eigenvalue weighted by atomic mass is 9.92. The molecule has 4 nitrogen and oxygen atoms in total. The summed E-state index contributed by atoms with van der Waals surface area (Å²) in [6.07, 6.45) is 1.22. The summed E-state index contributed by atoms with van der Waals surface area (Å²) in [5.74, 6) is 1.42. The lowest BCUT2D eigenvalue weighted by molar-refractivity contribution is -0.135. The topological polar surface area (TPSA) is 43.8 Å². The van der Waals surface area contributed by atoms with Crippen molar-refractivity contribution in [2.75, 3.05) is 39.3 Å². The number of likely N-dealkylation sites (N-methyl/N-ethyl adjacent to an activating group) is 1. The fourth-order valence-electron chi connectivity index (χ4n) is 2.65. The fourth-order valence-corrected chi connectivity index (χ4v) is 2.65. The molecule has 1 rings (SSSR count). The van der Waals surface area contributed by atoms with Gasteiger partial charge in [0.25, 0.3) is 0 Å². The zero-order valence-corrected chi connectivity index (χ0v) is 11.4. The van der Waals surface area contributed by atoms with Gasteiger partial charge in [0.1, 0.15) is 0 Å². The Morgan fingerprint density at radius 3 is 2.41 bits per heavy atom. The van der Waals surface area contributed by atoms with E-state index < -0.39 is 0 Å². The van der Waals surface area contributed by atoms with Gasteiger partial charge in [-0.05, 0) is 24.8 Å². The minimum atomic E-state index is 0.119. The lowest BCUT2D eigenvalue weighted by Gasteiger charge is -2.36. The van der Waals surface area contributed by atoms with Crippen LogP contribution >= 0.6 is 0 Å². The van der Waals surface area contributed by atoms with Crippen molar-refractivity contribution in [2.24, 2.45) is 11.8 Å². The molecular formula is C13H26N2O2. The highest BCUT2D eigenvalue weighted by atomic mass is 16.3. The first-order chi connectivity index (χ1) is 8.06. The molecule has 1 fully saturated rings. The number of aliphatic hydroxyl groups excluding tert-OH is 1.